The van der Waals surface area contributed by atoms with Gasteiger partial charge in [-0.2, -0.15) is 0 Å². The van der Waals surface area contributed by atoms with Crippen molar-refractivity contribution in [3.63, 3.8) is 0 Å². The molecule has 0 spiro atoms. The summed E-state index contributed by atoms with van der Waals surface area (Å²) in [5.74, 6) is -1.56. The normalized spacial score (nSPS) is 18.2. The van der Waals surface area contributed by atoms with Gasteiger partial charge >= 0.3 is 12.0 Å². The lowest BCUT2D eigenvalue weighted by molar-refractivity contribution is -0.133. The molecule has 0 radical (unpaired) electrons. The zero-order valence-electron chi connectivity index (χ0n) is 17.3. The maximum atomic E-state index is 12.9. The van der Waals surface area contributed by atoms with E-state index >= 15 is 0 Å². The monoisotopic (exact) mass is 443 g/mol. The second kappa shape index (κ2) is 8.77. The summed E-state index contributed by atoms with van der Waals surface area (Å²) in [7, 11) is 0. The quantitative estimate of drug-likeness (QED) is 0.526. The number of esters is 1. The number of imide groups is 1. The Morgan fingerprint density at radius 1 is 1.10 bits per heavy atom. The average molecular weight is 444 g/mol. The van der Waals surface area contributed by atoms with Crippen LogP contribution < -0.4 is 10.6 Å². The molecule has 0 aliphatic carbocycles. The number of rotatable bonds is 6. The third-order valence-corrected chi connectivity index (χ3v) is 5.00. The van der Waals surface area contributed by atoms with Gasteiger partial charge in [0.1, 0.15) is 12.1 Å². The van der Waals surface area contributed by atoms with Gasteiger partial charge in [-0.1, -0.05) is 23.7 Å². The molecule has 1 aliphatic heterocycles. The predicted molar refractivity (Wildman–Crippen MR) is 115 cm³/mol. The molecule has 1 saturated heterocycles. The van der Waals surface area contributed by atoms with Crippen LogP contribution in [0.4, 0.5) is 10.5 Å². The zero-order valence-corrected chi connectivity index (χ0v) is 18.0. The Bertz CT molecular complexity index is 1020. The molecule has 162 valence electrons. The van der Waals surface area contributed by atoms with E-state index in [9.17, 15) is 19.2 Å². The number of benzene rings is 2. The molecule has 0 saturated carbocycles. The summed E-state index contributed by atoms with van der Waals surface area (Å²) in [6.07, 6.45) is -0.241. The van der Waals surface area contributed by atoms with Gasteiger partial charge in [-0.3, -0.25) is 14.5 Å². The molecule has 1 heterocycles. The van der Waals surface area contributed by atoms with Gasteiger partial charge in [0.15, 0.2) is 0 Å². The maximum Gasteiger partial charge on any atom is 0.338 e. The molecule has 4 amide bonds. The highest BCUT2D eigenvalue weighted by molar-refractivity contribution is 6.30. The summed E-state index contributed by atoms with van der Waals surface area (Å²) in [4.78, 5) is 50.4. The highest BCUT2D eigenvalue weighted by atomic mass is 35.5. The Hall–Kier alpha value is -3.39. The van der Waals surface area contributed by atoms with E-state index in [0.717, 1.165) is 4.90 Å². The fourth-order valence-corrected chi connectivity index (χ4v) is 3.26. The van der Waals surface area contributed by atoms with E-state index < -0.39 is 35.9 Å². The number of carbonyl (C=O) groups is 4. The number of nitrogens with zero attached hydrogens (tertiary/aromatic N) is 1. The van der Waals surface area contributed by atoms with Gasteiger partial charge in [-0.15, -0.1) is 0 Å². The third kappa shape index (κ3) is 4.86. The zero-order chi connectivity index (χ0) is 22.8. The molecule has 0 bridgehead atoms. The largest absolute Gasteiger partial charge is 0.459 e. The van der Waals surface area contributed by atoms with Crippen LogP contribution in [0, 0.1) is 0 Å². The van der Waals surface area contributed by atoms with Gasteiger partial charge in [0.25, 0.3) is 5.91 Å². The van der Waals surface area contributed by atoms with Crippen LogP contribution in [0.25, 0.3) is 0 Å². The third-order valence-electron chi connectivity index (χ3n) is 4.75. The Kier molecular flexibility index (Phi) is 6.31. The van der Waals surface area contributed by atoms with Gasteiger partial charge in [-0.05, 0) is 62.7 Å². The topological polar surface area (TPSA) is 105 Å². The minimum Gasteiger partial charge on any atom is -0.459 e. The highest BCUT2D eigenvalue weighted by Gasteiger charge is 2.49. The van der Waals surface area contributed by atoms with Crippen molar-refractivity contribution in [2.75, 3.05) is 11.9 Å². The number of hydrogen-bond donors (Lipinski definition) is 2. The van der Waals surface area contributed by atoms with Crippen LogP contribution in [0.3, 0.4) is 0 Å². The van der Waals surface area contributed by atoms with E-state index in [1.807, 2.05) is 0 Å². The van der Waals surface area contributed by atoms with Crippen molar-refractivity contribution in [1.82, 2.24) is 10.2 Å². The molecule has 3 rings (SSSR count). The van der Waals surface area contributed by atoms with Gasteiger partial charge in [0.2, 0.25) is 5.91 Å². The van der Waals surface area contributed by atoms with Gasteiger partial charge in [0.05, 0.1) is 11.7 Å². The Morgan fingerprint density at radius 3 is 2.29 bits per heavy atom. The molecule has 1 aliphatic rings. The summed E-state index contributed by atoms with van der Waals surface area (Å²) in [6.45, 7) is 4.62. The summed E-state index contributed by atoms with van der Waals surface area (Å²) < 4.78 is 5.11. The van der Waals surface area contributed by atoms with Crippen LogP contribution in [0.2, 0.25) is 5.02 Å². The lowest BCUT2D eigenvalue weighted by atomic mass is 9.92. The second-order valence-electron chi connectivity index (χ2n) is 7.53. The van der Waals surface area contributed by atoms with E-state index in [-0.39, 0.29) is 6.10 Å². The number of halogens is 1. The molecule has 1 fully saturated rings. The number of urea groups is 1. The van der Waals surface area contributed by atoms with Crippen LogP contribution in [0.15, 0.2) is 48.5 Å². The first kappa shape index (κ1) is 22.3. The number of amides is 4. The molecule has 2 N–H and O–H groups in total. The minimum atomic E-state index is -1.29. The van der Waals surface area contributed by atoms with Crippen molar-refractivity contribution in [3.8, 4) is 0 Å². The second-order valence-corrected chi connectivity index (χ2v) is 7.97. The highest BCUT2D eigenvalue weighted by Crippen LogP contribution is 2.29. The van der Waals surface area contributed by atoms with Crippen LogP contribution in [0.1, 0.15) is 36.7 Å². The molecule has 1 unspecified atom stereocenters. The first-order valence-corrected chi connectivity index (χ1v) is 9.99. The summed E-state index contributed by atoms with van der Waals surface area (Å²) >= 11 is 5.89. The van der Waals surface area contributed by atoms with Crippen LogP contribution in [-0.4, -0.2) is 41.4 Å². The lowest BCUT2D eigenvalue weighted by Gasteiger charge is -2.22. The van der Waals surface area contributed by atoms with E-state index in [2.05, 4.69) is 10.6 Å². The number of ether oxygens (including phenoxy) is 1. The first-order valence-electron chi connectivity index (χ1n) is 9.61. The Morgan fingerprint density at radius 2 is 1.71 bits per heavy atom. The van der Waals surface area contributed by atoms with Crippen LogP contribution >= 0.6 is 11.6 Å². The van der Waals surface area contributed by atoms with Crippen LogP contribution in [-0.2, 0) is 19.9 Å². The molecule has 31 heavy (non-hydrogen) atoms. The molecule has 2 aromatic carbocycles. The van der Waals surface area contributed by atoms with Gasteiger partial charge in [-0.25, -0.2) is 9.59 Å². The minimum absolute atomic E-state index is 0.241. The summed E-state index contributed by atoms with van der Waals surface area (Å²) in [5.41, 5.74) is 0.0283. The van der Waals surface area contributed by atoms with Crippen molar-refractivity contribution in [2.45, 2.75) is 32.4 Å². The molecular weight excluding hydrogens is 422 g/mol. The average Bonchev–Trinajstić information content (AvgIpc) is 2.92. The van der Waals surface area contributed by atoms with Crippen molar-refractivity contribution in [3.05, 3.63) is 64.7 Å². The van der Waals surface area contributed by atoms with Crippen molar-refractivity contribution in [1.29, 1.82) is 0 Å². The van der Waals surface area contributed by atoms with E-state index in [0.29, 0.717) is 21.8 Å². The van der Waals surface area contributed by atoms with E-state index in [1.165, 1.54) is 12.1 Å². The number of anilines is 1. The SMILES string of the molecule is CC(C)OC(=O)c1ccc(NC(=O)CN2C(=O)NC(C)(c3ccc(Cl)cc3)C2=O)cc1. The molecule has 0 aromatic heterocycles. The number of hydrogen-bond acceptors (Lipinski definition) is 5. The van der Waals surface area contributed by atoms with Crippen LogP contribution in [0.5, 0.6) is 0 Å². The standard InChI is InChI=1S/C22H22ClN3O5/c1-13(2)31-19(28)14-4-10-17(11-5-14)24-18(27)12-26-20(29)22(3,25-21(26)30)15-6-8-16(23)9-7-15/h4-11,13H,12H2,1-3H3,(H,24,27)(H,25,30). The van der Waals surface area contributed by atoms with Crippen molar-refractivity contribution < 1.29 is 23.9 Å². The molecule has 1 atom stereocenters. The van der Waals surface area contributed by atoms with E-state index in [4.69, 9.17) is 16.3 Å². The van der Waals surface area contributed by atoms with Gasteiger partial charge < -0.3 is 15.4 Å². The molecule has 9 heteroatoms. The number of nitrogens with one attached hydrogen (secondary N) is 2. The lowest BCUT2D eigenvalue weighted by Crippen LogP contribution is -2.42. The molecule has 8 nitrogen and oxygen atoms in total. The molecule has 2 aromatic rings. The fourth-order valence-electron chi connectivity index (χ4n) is 3.14. The fraction of sp³-hybridized carbons (Fsp3) is 0.273. The Labute approximate surface area is 184 Å². The number of carbonyl (C=O) groups excluding carboxylic acids is 4. The first-order chi connectivity index (χ1) is 14.6. The maximum absolute atomic E-state index is 12.9. The van der Waals surface area contributed by atoms with Crippen molar-refractivity contribution in [2.24, 2.45) is 0 Å². The summed E-state index contributed by atoms with van der Waals surface area (Å²) in [5, 5.41) is 5.75. The predicted octanol–water partition coefficient (Wildman–Crippen LogP) is 3.31. The molecular formula is C22H22ClN3O5. The van der Waals surface area contributed by atoms with Crippen molar-refractivity contribution >= 4 is 41.1 Å². The Balaban J connectivity index is 1.65. The van der Waals surface area contributed by atoms with Gasteiger partial charge in [0, 0.05) is 10.7 Å². The van der Waals surface area contributed by atoms with E-state index in [1.54, 1.807) is 57.2 Å². The smallest absolute Gasteiger partial charge is 0.338 e. The summed E-state index contributed by atoms with van der Waals surface area (Å²) in [6, 6.07) is 12.0.